The highest BCUT2D eigenvalue weighted by Crippen LogP contribution is 2.26. The normalized spacial score (nSPS) is 23.8. The van der Waals surface area contributed by atoms with E-state index in [0.29, 0.717) is 18.8 Å². The monoisotopic (exact) mass is 500 g/mol. The summed E-state index contributed by atoms with van der Waals surface area (Å²) in [5.41, 5.74) is 2.32. The third-order valence-electron chi connectivity index (χ3n) is 7.17. The summed E-state index contributed by atoms with van der Waals surface area (Å²) in [6.45, 7) is 3.10. The first-order chi connectivity index (χ1) is 16.8. The zero-order chi connectivity index (χ0) is 24.8. The largest absolute Gasteiger partial charge is 0.394 e. The van der Waals surface area contributed by atoms with Crippen LogP contribution in [0, 0.1) is 12.8 Å². The van der Waals surface area contributed by atoms with Gasteiger partial charge in [-0.15, -0.1) is 0 Å². The van der Waals surface area contributed by atoms with E-state index in [4.69, 9.17) is 4.74 Å². The molecule has 2 saturated heterocycles. The van der Waals surface area contributed by atoms with Gasteiger partial charge in [-0.2, -0.15) is 0 Å². The van der Waals surface area contributed by atoms with Crippen LogP contribution in [0.25, 0.3) is 0 Å². The van der Waals surface area contributed by atoms with Gasteiger partial charge in [0.25, 0.3) is 0 Å². The second-order valence-electron chi connectivity index (χ2n) is 9.82. The number of carbonyl (C=O) groups excluding carboxylic acids is 1. The van der Waals surface area contributed by atoms with E-state index in [-0.39, 0.29) is 29.9 Å². The van der Waals surface area contributed by atoms with Gasteiger partial charge >= 0.3 is 0 Å². The number of piperidine rings is 1. The van der Waals surface area contributed by atoms with Crippen LogP contribution in [0.4, 0.5) is 0 Å². The average Bonchev–Trinajstić information content (AvgIpc) is 2.86. The third-order valence-corrected chi connectivity index (χ3v) is 8.68. The first-order valence-electron chi connectivity index (χ1n) is 12.5. The van der Waals surface area contributed by atoms with E-state index in [0.717, 1.165) is 37.9 Å². The molecule has 0 radical (unpaired) electrons. The Hall–Kier alpha value is -2.26. The molecule has 2 aliphatic heterocycles. The number of benzene rings is 2. The molecule has 2 aromatic rings. The van der Waals surface area contributed by atoms with Crippen LogP contribution < -0.4 is 4.72 Å². The second-order valence-corrected chi connectivity index (χ2v) is 11.5. The minimum absolute atomic E-state index is 0.0727. The van der Waals surface area contributed by atoms with Crippen LogP contribution in [0.15, 0.2) is 59.5 Å². The standard InChI is InChI=1S/C27H36N2O5S/c1-20-7-10-24(11-8-20)35(32,33)28-25-12-9-23(34-26(25)19-30)18-27(31)29-15-13-22(14-16-29)17-21-5-3-2-4-6-21/h2-8,10-11,22-23,25-26,28,30H,9,12-19H2,1H3/t23-,25+,26-/m1/s1. The fourth-order valence-electron chi connectivity index (χ4n) is 5.06. The molecule has 0 aliphatic carbocycles. The van der Waals surface area contributed by atoms with Crippen molar-refractivity contribution in [2.75, 3.05) is 19.7 Å². The fourth-order valence-corrected chi connectivity index (χ4v) is 6.36. The van der Waals surface area contributed by atoms with Crippen LogP contribution in [0.3, 0.4) is 0 Å². The molecule has 35 heavy (non-hydrogen) atoms. The Balaban J connectivity index is 1.25. The van der Waals surface area contributed by atoms with Crippen LogP contribution in [0.2, 0.25) is 0 Å². The molecule has 0 spiro atoms. The minimum atomic E-state index is -3.72. The lowest BCUT2D eigenvalue weighted by Crippen LogP contribution is -2.51. The molecule has 190 valence electrons. The quantitative estimate of drug-likeness (QED) is 0.581. The van der Waals surface area contributed by atoms with Crippen LogP contribution in [-0.2, 0) is 26.0 Å². The van der Waals surface area contributed by atoms with E-state index < -0.39 is 22.2 Å². The van der Waals surface area contributed by atoms with Gasteiger partial charge < -0.3 is 14.7 Å². The summed E-state index contributed by atoms with van der Waals surface area (Å²) in [6, 6.07) is 16.6. The number of amides is 1. The Morgan fingerprint density at radius 3 is 2.37 bits per heavy atom. The predicted octanol–water partition coefficient (Wildman–Crippen LogP) is 3.05. The molecule has 0 aromatic heterocycles. The predicted molar refractivity (Wildman–Crippen MR) is 134 cm³/mol. The number of hydrogen-bond acceptors (Lipinski definition) is 5. The highest BCUT2D eigenvalue weighted by Gasteiger charge is 2.35. The van der Waals surface area contributed by atoms with Gasteiger partial charge in [-0.25, -0.2) is 13.1 Å². The molecule has 1 amide bonds. The molecule has 2 aromatic carbocycles. The molecule has 2 aliphatic rings. The van der Waals surface area contributed by atoms with Crippen molar-refractivity contribution >= 4 is 15.9 Å². The van der Waals surface area contributed by atoms with Crippen molar-refractivity contribution in [1.82, 2.24) is 9.62 Å². The van der Waals surface area contributed by atoms with Crippen LogP contribution in [0.1, 0.15) is 43.2 Å². The second kappa shape index (κ2) is 11.6. The summed E-state index contributed by atoms with van der Waals surface area (Å²) in [7, 11) is -3.72. The van der Waals surface area contributed by atoms with E-state index in [1.54, 1.807) is 24.3 Å². The first kappa shape index (κ1) is 25.8. The van der Waals surface area contributed by atoms with Crippen LogP contribution >= 0.6 is 0 Å². The summed E-state index contributed by atoms with van der Waals surface area (Å²) in [4.78, 5) is 15.0. The number of nitrogens with zero attached hydrogens (tertiary/aromatic N) is 1. The van der Waals surface area contributed by atoms with Crippen LogP contribution in [0.5, 0.6) is 0 Å². The average molecular weight is 501 g/mol. The zero-order valence-corrected chi connectivity index (χ0v) is 21.1. The molecule has 7 nitrogen and oxygen atoms in total. The molecule has 2 heterocycles. The van der Waals surface area contributed by atoms with Gasteiger partial charge in [0, 0.05) is 13.1 Å². The number of likely N-dealkylation sites (tertiary alicyclic amines) is 1. The molecule has 3 atom stereocenters. The Bertz CT molecular complexity index is 1070. The molecule has 2 fully saturated rings. The van der Waals surface area contributed by atoms with Crippen molar-refractivity contribution < 1.29 is 23.1 Å². The number of aliphatic hydroxyl groups is 1. The maximum Gasteiger partial charge on any atom is 0.240 e. The molecular weight excluding hydrogens is 464 g/mol. The molecule has 0 bridgehead atoms. The van der Waals surface area contributed by atoms with Gasteiger partial charge in [-0.05, 0) is 62.6 Å². The fraction of sp³-hybridized carbons (Fsp3) is 0.519. The summed E-state index contributed by atoms with van der Waals surface area (Å²) >= 11 is 0. The Morgan fingerprint density at radius 1 is 1.03 bits per heavy atom. The summed E-state index contributed by atoms with van der Waals surface area (Å²) in [5.74, 6) is 0.664. The van der Waals surface area contributed by atoms with E-state index in [2.05, 4.69) is 29.0 Å². The molecule has 4 rings (SSSR count). The van der Waals surface area contributed by atoms with E-state index in [9.17, 15) is 18.3 Å². The number of sulfonamides is 1. The van der Waals surface area contributed by atoms with Gasteiger partial charge in [0.05, 0.1) is 36.2 Å². The van der Waals surface area contributed by atoms with Crippen molar-refractivity contribution in [2.24, 2.45) is 5.92 Å². The molecular formula is C27H36N2O5S. The number of ether oxygens (including phenoxy) is 1. The minimum Gasteiger partial charge on any atom is -0.394 e. The lowest BCUT2D eigenvalue weighted by molar-refractivity contribution is -0.141. The first-order valence-corrected chi connectivity index (χ1v) is 14.0. The number of nitrogens with one attached hydrogen (secondary N) is 1. The lowest BCUT2D eigenvalue weighted by Gasteiger charge is -2.37. The maximum atomic E-state index is 12.9. The summed E-state index contributed by atoms with van der Waals surface area (Å²) < 4.78 is 34.2. The smallest absolute Gasteiger partial charge is 0.240 e. The molecule has 0 saturated carbocycles. The third kappa shape index (κ3) is 6.91. The summed E-state index contributed by atoms with van der Waals surface area (Å²) in [6.07, 6.45) is 3.37. The number of aliphatic hydroxyl groups excluding tert-OH is 1. The van der Waals surface area contributed by atoms with Gasteiger partial charge in [0.1, 0.15) is 0 Å². The Kier molecular flexibility index (Phi) is 8.59. The van der Waals surface area contributed by atoms with Gasteiger partial charge in [-0.1, -0.05) is 48.0 Å². The summed E-state index contributed by atoms with van der Waals surface area (Å²) in [5, 5.41) is 9.86. The zero-order valence-electron chi connectivity index (χ0n) is 20.3. The molecule has 2 N–H and O–H groups in total. The highest BCUT2D eigenvalue weighted by atomic mass is 32.2. The van der Waals surface area contributed by atoms with Gasteiger partial charge in [0.15, 0.2) is 0 Å². The molecule has 8 heteroatoms. The molecule has 0 unspecified atom stereocenters. The Labute approximate surface area is 208 Å². The van der Waals surface area contributed by atoms with Gasteiger partial charge in [-0.3, -0.25) is 4.79 Å². The van der Waals surface area contributed by atoms with Crippen molar-refractivity contribution in [3.63, 3.8) is 0 Å². The Morgan fingerprint density at radius 2 is 1.71 bits per heavy atom. The van der Waals surface area contributed by atoms with Crippen molar-refractivity contribution in [3.05, 3.63) is 65.7 Å². The van der Waals surface area contributed by atoms with E-state index in [1.807, 2.05) is 17.9 Å². The van der Waals surface area contributed by atoms with E-state index in [1.165, 1.54) is 5.56 Å². The number of rotatable bonds is 8. The lowest BCUT2D eigenvalue weighted by atomic mass is 9.90. The van der Waals surface area contributed by atoms with Crippen molar-refractivity contribution in [1.29, 1.82) is 0 Å². The number of carbonyl (C=O) groups is 1. The highest BCUT2D eigenvalue weighted by molar-refractivity contribution is 7.89. The van der Waals surface area contributed by atoms with Crippen LogP contribution in [-0.4, -0.2) is 62.3 Å². The van der Waals surface area contributed by atoms with Gasteiger partial charge in [0.2, 0.25) is 15.9 Å². The van der Waals surface area contributed by atoms with Crippen molar-refractivity contribution in [3.8, 4) is 0 Å². The number of aryl methyl sites for hydroxylation is 1. The van der Waals surface area contributed by atoms with E-state index >= 15 is 0 Å². The SMILES string of the molecule is Cc1ccc(S(=O)(=O)N[C@H]2CC[C@H](CC(=O)N3CCC(Cc4ccccc4)CC3)O[C@@H]2CO)cc1. The topological polar surface area (TPSA) is 95.9 Å². The maximum absolute atomic E-state index is 12.9. The van der Waals surface area contributed by atoms with Crippen molar-refractivity contribution in [2.45, 2.75) is 68.6 Å². The number of hydrogen-bond donors (Lipinski definition) is 2.